The highest BCUT2D eigenvalue weighted by molar-refractivity contribution is 5.94. The zero-order chi connectivity index (χ0) is 15.7. The molecule has 0 aromatic heterocycles. The van der Waals surface area contributed by atoms with Gasteiger partial charge in [-0.05, 0) is 50.5 Å². The van der Waals surface area contributed by atoms with E-state index in [0.29, 0.717) is 5.41 Å². The Kier molecular flexibility index (Phi) is 4.16. The summed E-state index contributed by atoms with van der Waals surface area (Å²) < 4.78 is 0. The second-order valence-electron chi connectivity index (χ2n) is 7.23. The quantitative estimate of drug-likeness (QED) is 0.773. The van der Waals surface area contributed by atoms with Crippen LogP contribution in [0.1, 0.15) is 52.9 Å². The Bertz CT molecular complexity index is 555. The van der Waals surface area contributed by atoms with Gasteiger partial charge in [0.25, 0.3) is 0 Å². The Morgan fingerprint density at radius 2 is 2.00 bits per heavy atom. The average Bonchev–Trinajstić information content (AvgIpc) is 3.04. The lowest BCUT2D eigenvalue weighted by Gasteiger charge is -2.28. The van der Waals surface area contributed by atoms with Crippen molar-refractivity contribution in [1.29, 1.82) is 0 Å². The van der Waals surface area contributed by atoms with Gasteiger partial charge in [0.2, 0.25) is 0 Å². The smallest absolute Gasteiger partial charge is 0.138 e. The third kappa shape index (κ3) is 2.99. The van der Waals surface area contributed by atoms with Crippen LogP contribution in [0.3, 0.4) is 0 Å². The SMILES string of the molecule is CCC(C)=C/C(=C1/N=C(N2CCCC2)C=CN1C)C1(C)CC1. The Morgan fingerprint density at radius 3 is 2.59 bits per heavy atom. The Labute approximate surface area is 135 Å². The van der Waals surface area contributed by atoms with Crippen LogP contribution in [0.4, 0.5) is 0 Å². The van der Waals surface area contributed by atoms with Crippen molar-refractivity contribution in [2.45, 2.75) is 52.9 Å². The summed E-state index contributed by atoms with van der Waals surface area (Å²) in [7, 11) is 2.12. The van der Waals surface area contributed by atoms with Gasteiger partial charge >= 0.3 is 0 Å². The molecule has 3 nitrogen and oxygen atoms in total. The van der Waals surface area contributed by atoms with Crippen molar-refractivity contribution in [2.75, 3.05) is 20.1 Å². The van der Waals surface area contributed by atoms with Gasteiger partial charge in [-0.25, -0.2) is 4.99 Å². The third-order valence-corrected chi connectivity index (χ3v) is 5.27. The van der Waals surface area contributed by atoms with Gasteiger partial charge in [0, 0.05) is 31.9 Å². The topological polar surface area (TPSA) is 18.8 Å². The Hall–Kier alpha value is -1.51. The maximum Gasteiger partial charge on any atom is 0.138 e. The van der Waals surface area contributed by atoms with Gasteiger partial charge < -0.3 is 9.80 Å². The minimum Gasteiger partial charge on any atom is -0.357 e. The molecule has 0 atom stereocenters. The minimum atomic E-state index is 0.324. The minimum absolute atomic E-state index is 0.324. The van der Waals surface area contributed by atoms with Gasteiger partial charge in [0.15, 0.2) is 0 Å². The van der Waals surface area contributed by atoms with Crippen LogP contribution in [0, 0.1) is 5.41 Å². The largest absolute Gasteiger partial charge is 0.357 e. The summed E-state index contributed by atoms with van der Waals surface area (Å²) in [6.45, 7) is 9.14. The maximum absolute atomic E-state index is 5.06. The number of hydrogen-bond acceptors (Lipinski definition) is 3. The summed E-state index contributed by atoms with van der Waals surface area (Å²) in [4.78, 5) is 9.67. The Balaban J connectivity index is 2.01. The first-order chi connectivity index (χ1) is 10.5. The molecule has 0 aromatic rings. The molecule has 2 fully saturated rings. The van der Waals surface area contributed by atoms with E-state index in [1.807, 2.05) is 0 Å². The third-order valence-electron chi connectivity index (χ3n) is 5.27. The van der Waals surface area contributed by atoms with Crippen LogP contribution in [-0.4, -0.2) is 35.8 Å². The van der Waals surface area contributed by atoms with E-state index >= 15 is 0 Å². The van der Waals surface area contributed by atoms with E-state index in [9.17, 15) is 0 Å². The van der Waals surface area contributed by atoms with Gasteiger partial charge in [-0.2, -0.15) is 0 Å². The van der Waals surface area contributed by atoms with Crippen molar-refractivity contribution < 1.29 is 0 Å². The predicted octanol–water partition coefficient (Wildman–Crippen LogP) is 4.31. The second-order valence-corrected chi connectivity index (χ2v) is 7.23. The van der Waals surface area contributed by atoms with Gasteiger partial charge in [0.1, 0.15) is 11.7 Å². The van der Waals surface area contributed by atoms with E-state index in [1.165, 1.54) is 36.8 Å². The summed E-state index contributed by atoms with van der Waals surface area (Å²) in [5, 5.41) is 0. The molecule has 2 aliphatic heterocycles. The van der Waals surface area contributed by atoms with Crippen LogP contribution in [-0.2, 0) is 0 Å². The molecule has 0 amide bonds. The fraction of sp³-hybridized carbons (Fsp3) is 0.632. The number of hydrogen-bond donors (Lipinski definition) is 0. The first-order valence-corrected chi connectivity index (χ1v) is 8.70. The van der Waals surface area contributed by atoms with E-state index in [-0.39, 0.29) is 0 Å². The van der Waals surface area contributed by atoms with Crippen molar-refractivity contribution in [3.8, 4) is 0 Å². The highest BCUT2D eigenvalue weighted by atomic mass is 15.3. The lowest BCUT2D eigenvalue weighted by molar-refractivity contribution is 0.490. The summed E-state index contributed by atoms with van der Waals surface area (Å²) in [6, 6.07) is 0. The molecule has 22 heavy (non-hydrogen) atoms. The van der Waals surface area contributed by atoms with E-state index in [1.54, 1.807) is 0 Å². The molecule has 2 heterocycles. The summed E-state index contributed by atoms with van der Waals surface area (Å²) >= 11 is 0. The van der Waals surface area contributed by atoms with Gasteiger partial charge in [-0.1, -0.05) is 25.5 Å². The van der Waals surface area contributed by atoms with Crippen molar-refractivity contribution in [1.82, 2.24) is 9.80 Å². The molecule has 0 radical (unpaired) electrons. The van der Waals surface area contributed by atoms with Gasteiger partial charge in [0.05, 0.1) is 0 Å². The van der Waals surface area contributed by atoms with E-state index in [4.69, 9.17) is 4.99 Å². The summed E-state index contributed by atoms with van der Waals surface area (Å²) in [5.74, 6) is 2.30. The molecule has 0 unspecified atom stereocenters. The molecule has 3 heteroatoms. The molecule has 1 saturated heterocycles. The Morgan fingerprint density at radius 1 is 1.32 bits per heavy atom. The molecular formula is C19H29N3. The molecule has 0 aromatic carbocycles. The number of rotatable bonds is 3. The number of amidine groups is 1. The fourth-order valence-corrected chi connectivity index (χ4v) is 3.16. The average molecular weight is 299 g/mol. The van der Waals surface area contributed by atoms with Crippen molar-refractivity contribution in [2.24, 2.45) is 10.4 Å². The molecule has 0 N–H and O–H groups in total. The van der Waals surface area contributed by atoms with E-state index in [2.05, 4.69) is 56.0 Å². The predicted molar refractivity (Wildman–Crippen MR) is 93.6 cm³/mol. The second kappa shape index (κ2) is 5.94. The number of nitrogens with zero attached hydrogens (tertiary/aromatic N) is 3. The zero-order valence-electron chi connectivity index (χ0n) is 14.5. The molecule has 0 spiro atoms. The summed E-state index contributed by atoms with van der Waals surface area (Å²) in [6.07, 6.45) is 13.0. The van der Waals surface area contributed by atoms with Gasteiger partial charge in [-0.3, -0.25) is 0 Å². The van der Waals surface area contributed by atoms with Gasteiger partial charge in [-0.15, -0.1) is 0 Å². The maximum atomic E-state index is 5.06. The van der Waals surface area contributed by atoms with Crippen LogP contribution in [0.5, 0.6) is 0 Å². The zero-order valence-corrected chi connectivity index (χ0v) is 14.5. The van der Waals surface area contributed by atoms with Crippen LogP contribution in [0.25, 0.3) is 0 Å². The van der Waals surface area contributed by atoms with Crippen LogP contribution in [0.15, 0.2) is 40.3 Å². The van der Waals surface area contributed by atoms with Crippen LogP contribution >= 0.6 is 0 Å². The lowest BCUT2D eigenvalue weighted by Crippen LogP contribution is -2.30. The molecule has 3 rings (SSSR count). The first kappa shape index (κ1) is 15.4. The molecule has 120 valence electrons. The first-order valence-electron chi connectivity index (χ1n) is 8.70. The molecular weight excluding hydrogens is 270 g/mol. The van der Waals surface area contributed by atoms with E-state index < -0.39 is 0 Å². The molecule has 1 saturated carbocycles. The van der Waals surface area contributed by atoms with Crippen molar-refractivity contribution in [3.63, 3.8) is 0 Å². The standard InChI is InChI=1S/C19H29N3/c1-5-15(2)14-16(19(3)9-10-19)18-20-17(8-13-21(18)4)22-11-6-7-12-22/h8,13-14H,5-7,9-12H2,1-4H3/b15-14?,18-16+. The van der Waals surface area contributed by atoms with E-state index in [0.717, 1.165) is 31.2 Å². The lowest BCUT2D eigenvalue weighted by atomic mass is 9.94. The van der Waals surface area contributed by atoms with Crippen LogP contribution in [0.2, 0.25) is 0 Å². The molecule has 0 bridgehead atoms. The highest BCUT2D eigenvalue weighted by Gasteiger charge is 2.42. The van der Waals surface area contributed by atoms with Crippen molar-refractivity contribution >= 4 is 5.84 Å². The number of likely N-dealkylation sites (tertiary alicyclic amines) is 1. The van der Waals surface area contributed by atoms with Crippen molar-refractivity contribution in [3.05, 3.63) is 35.3 Å². The molecule has 1 aliphatic carbocycles. The highest BCUT2D eigenvalue weighted by Crippen LogP contribution is 2.53. The molecule has 3 aliphatic rings. The normalized spacial score (nSPS) is 26.4. The van der Waals surface area contributed by atoms with Crippen LogP contribution < -0.4 is 0 Å². The summed E-state index contributed by atoms with van der Waals surface area (Å²) in [5.41, 5.74) is 3.19. The number of aliphatic imine (C=N–C) groups is 1. The number of allylic oxidation sites excluding steroid dienone is 3. The fourth-order valence-electron chi connectivity index (χ4n) is 3.16. The monoisotopic (exact) mass is 299 g/mol.